The lowest BCUT2D eigenvalue weighted by Crippen LogP contribution is -2.69. The van der Waals surface area contributed by atoms with Gasteiger partial charge in [0.05, 0.1) is 0 Å². The minimum atomic E-state index is -1.10. The van der Waals surface area contributed by atoms with Crippen LogP contribution in [0.2, 0.25) is 0 Å². The molecule has 3 aromatic rings. The van der Waals surface area contributed by atoms with Crippen LogP contribution in [0.5, 0.6) is 0 Å². The first-order valence-electron chi connectivity index (χ1n) is 11.6. The molecular weight excluding hydrogens is 408 g/mol. The van der Waals surface area contributed by atoms with Gasteiger partial charge in [0.2, 0.25) is 5.91 Å². The number of rotatable bonds is 5. The molecule has 0 unspecified atom stereocenters. The molecule has 0 N–H and O–H groups in total. The first kappa shape index (κ1) is 21.2. The molecule has 2 fully saturated rings. The smallest absolute Gasteiger partial charge is 0.253 e. The highest BCUT2D eigenvalue weighted by molar-refractivity contribution is 6.03. The van der Waals surface area contributed by atoms with Crippen LogP contribution < -0.4 is 0 Å². The zero-order valence-corrected chi connectivity index (χ0v) is 18.9. The molecule has 2 atom stereocenters. The summed E-state index contributed by atoms with van der Waals surface area (Å²) in [4.78, 5) is 31.2. The monoisotopic (exact) mass is 436 g/mol. The molecule has 4 nitrogen and oxygen atoms in total. The van der Waals surface area contributed by atoms with E-state index >= 15 is 0 Å². The molecule has 5 rings (SSSR count). The highest BCUT2D eigenvalue weighted by Crippen LogP contribution is 2.38. The van der Waals surface area contributed by atoms with Crippen molar-refractivity contribution in [3.8, 4) is 0 Å². The molecule has 0 radical (unpaired) electrons. The Hall–Kier alpha value is -3.66. The average molecular weight is 437 g/mol. The summed E-state index contributed by atoms with van der Waals surface area (Å²) in [6, 6.07) is 29.9. The standard InChI is InChI=1S/C29H28N2O2/c1-30-27(32)26-18-11-19-31(26)28(33)29(30,20-22-12-5-2-6-13-22)21-25(23-14-7-3-8-15-23)24-16-9-4-10-17-24/h2-10,12-17,21,26H,11,18-20H2,1H3/t26-,29+/m0/s1. The second-order valence-electron chi connectivity index (χ2n) is 8.93. The summed E-state index contributed by atoms with van der Waals surface area (Å²) in [7, 11) is 1.79. The maximum atomic E-state index is 14.2. The molecule has 0 saturated carbocycles. The van der Waals surface area contributed by atoms with Crippen molar-refractivity contribution in [3.05, 3.63) is 114 Å². The van der Waals surface area contributed by atoms with E-state index in [1.807, 2.05) is 77.7 Å². The molecule has 2 aliphatic heterocycles. The van der Waals surface area contributed by atoms with Gasteiger partial charge in [-0.05, 0) is 41.2 Å². The maximum absolute atomic E-state index is 14.2. The number of likely N-dealkylation sites (N-methyl/N-ethyl adjacent to an activating group) is 1. The molecule has 33 heavy (non-hydrogen) atoms. The van der Waals surface area contributed by atoms with E-state index in [9.17, 15) is 9.59 Å². The maximum Gasteiger partial charge on any atom is 0.253 e. The Morgan fingerprint density at radius 2 is 1.42 bits per heavy atom. The van der Waals surface area contributed by atoms with Crippen LogP contribution in [0.1, 0.15) is 29.5 Å². The Kier molecular flexibility index (Phi) is 5.59. The van der Waals surface area contributed by atoms with Crippen LogP contribution in [0.15, 0.2) is 97.1 Å². The molecule has 2 heterocycles. The van der Waals surface area contributed by atoms with E-state index in [4.69, 9.17) is 0 Å². The molecule has 0 bridgehead atoms. The molecule has 2 saturated heterocycles. The lowest BCUT2D eigenvalue weighted by molar-refractivity contribution is -0.163. The van der Waals surface area contributed by atoms with Gasteiger partial charge in [0.25, 0.3) is 5.91 Å². The summed E-state index contributed by atoms with van der Waals surface area (Å²) >= 11 is 0. The Labute approximate surface area is 195 Å². The van der Waals surface area contributed by atoms with Crippen molar-refractivity contribution in [2.45, 2.75) is 30.8 Å². The number of carbonyl (C=O) groups is 2. The molecule has 2 amide bonds. The number of piperazine rings is 1. The van der Waals surface area contributed by atoms with Gasteiger partial charge in [-0.2, -0.15) is 0 Å². The molecule has 0 spiro atoms. The Morgan fingerprint density at radius 3 is 2.00 bits per heavy atom. The summed E-state index contributed by atoms with van der Waals surface area (Å²) in [5, 5.41) is 0. The number of amides is 2. The van der Waals surface area contributed by atoms with Crippen LogP contribution in [0.3, 0.4) is 0 Å². The van der Waals surface area contributed by atoms with Crippen molar-refractivity contribution in [2.24, 2.45) is 0 Å². The summed E-state index contributed by atoms with van der Waals surface area (Å²) in [6.45, 7) is 0.638. The number of hydrogen-bond donors (Lipinski definition) is 0. The van der Waals surface area contributed by atoms with Gasteiger partial charge >= 0.3 is 0 Å². The van der Waals surface area contributed by atoms with E-state index in [2.05, 4.69) is 24.3 Å². The van der Waals surface area contributed by atoms with Crippen molar-refractivity contribution in [3.63, 3.8) is 0 Å². The van der Waals surface area contributed by atoms with Gasteiger partial charge in [0, 0.05) is 20.0 Å². The van der Waals surface area contributed by atoms with E-state index in [0.29, 0.717) is 13.0 Å². The number of benzene rings is 3. The Morgan fingerprint density at radius 1 is 0.879 bits per heavy atom. The quantitative estimate of drug-likeness (QED) is 0.588. The molecule has 2 aliphatic rings. The molecule has 3 aromatic carbocycles. The first-order valence-corrected chi connectivity index (χ1v) is 11.6. The topological polar surface area (TPSA) is 40.6 Å². The van der Waals surface area contributed by atoms with Crippen LogP contribution in [0, 0.1) is 0 Å². The second-order valence-corrected chi connectivity index (χ2v) is 8.93. The summed E-state index contributed by atoms with van der Waals surface area (Å²) in [5.41, 5.74) is 2.93. The summed E-state index contributed by atoms with van der Waals surface area (Å²) in [6.07, 6.45) is 4.08. The fourth-order valence-corrected chi connectivity index (χ4v) is 5.20. The van der Waals surface area contributed by atoms with Gasteiger partial charge in [0.15, 0.2) is 0 Å². The third-order valence-electron chi connectivity index (χ3n) is 6.97. The lowest BCUT2D eigenvalue weighted by atomic mass is 9.80. The Balaban J connectivity index is 1.73. The Bertz CT molecular complexity index is 1130. The predicted molar refractivity (Wildman–Crippen MR) is 130 cm³/mol. The zero-order valence-electron chi connectivity index (χ0n) is 18.9. The van der Waals surface area contributed by atoms with E-state index in [-0.39, 0.29) is 17.9 Å². The van der Waals surface area contributed by atoms with Crippen LogP contribution >= 0.6 is 0 Å². The van der Waals surface area contributed by atoms with Gasteiger partial charge in [-0.3, -0.25) is 9.59 Å². The highest BCUT2D eigenvalue weighted by Gasteiger charge is 2.55. The predicted octanol–water partition coefficient (Wildman–Crippen LogP) is 4.56. The molecule has 166 valence electrons. The minimum Gasteiger partial charge on any atom is -0.328 e. The van der Waals surface area contributed by atoms with E-state index in [0.717, 1.165) is 35.1 Å². The average Bonchev–Trinajstić information content (AvgIpc) is 3.36. The summed E-state index contributed by atoms with van der Waals surface area (Å²) in [5.74, 6) is 0.0417. The SMILES string of the molecule is CN1C(=O)[C@@H]2CCCN2C(=O)[C@]1(C=C(c1ccccc1)c1ccccc1)Cc1ccccc1. The van der Waals surface area contributed by atoms with Crippen molar-refractivity contribution < 1.29 is 9.59 Å². The van der Waals surface area contributed by atoms with E-state index in [1.54, 1.807) is 11.9 Å². The normalized spacial score (nSPS) is 22.3. The third-order valence-corrected chi connectivity index (χ3v) is 6.97. The van der Waals surface area contributed by atoms with Crippen LogP contribution in [0.25, 0.3) is 5.57 Å². The molecular formula is C29H28N2O2. The highest BCUT2D eigenvalue weighted by atomic mass is 16.2. The van der Waals surface area contributed by atoms with Gasteiger partial charge in [0.1, 0.15) is 11.6 Å². The van der Waals surface area contributed by atoms with Gasteiger partial charge < -0.3 is 9.80 Å². The number of fused-ring (bicyclic) bond motifs is 1. The number of carbonyl (C=O) groups excluding carboxylic acids is 2. The zero-order chi connectivity index (χ0) is 22.8. The van der Waals surface area contributed by atoms with Gasteiger partial charge in [-0.25, -0.2) is 0 Å². The largest absolute Gasteiger partial charge is 0.328 e. The lowest BCUT2D eigenvalue weighted by Gasteiger charge is -2.48. The van der Waals surface area contributed by atoms with Crippen LogP contribution in [0.4, 0.5) is 0 Å². The summed E-state index contributed by atoms with van der Waals surface area (Å²) < 4.78 is 0. The van der Waals surface area contributed by atoms with Gasteiger partial charge in [-0.1, -0.05) is 91.0 Å². The van der Waals surface area contributed by atoms with Crippen molar-refractivity contribution in [1.82, 2.24) is 9.80 Å². The molecule has 0 aromatic heterocycles. The van der Waals surface area contributed by atoms with Crippen molar-refractivity contribution in [1.29, 1.82) is 0 Å². The molecule has 0 aliphatic carbocycles. The third kappa shape index (κ3) is 3.76. The van der Waals surface area contributed by atoms with Crippen LogP contribution in [-0.2, 0) is 16.0 Å². The van der Waals surface area contributed by atoms with Gasteiger partial charge in [-0.15, -0.1) is 0 Å². The second kappa shape index (κ2) is 8.70. The van der Waals surface area contributed by atoms with Crippen molar-refractivity contribution in [2.75, 3.05) is 13.6 Å². The van der Waals surface area contributed by atoms with Crippen molar-refractivity contribution >= 4 is 17.4 Å². The van der Waals surface area contributed by atoms with Crippen LogP contribution in [-0.4, -0.2) is 46.8 Å². The van der Waals surface area contributed by atoms with E-state index in [1.165, 1.54) is 0 Å². The minimum absolute atomic E-state index is 0.0142. The fourth-order valence-electron chi connectivity index (χ4n) is 5.20. The van der Waals surface area contributed by atoms with E-state index < -0.39 is 5.54 Å². The number of hydrogen-bond acceptors (Lipinski definition) is 2. The first-order chi connectivity index (χ1) is 16.1. The number of nitrogens with zero attached hydrogens (tertiary/aromatic N) is 2. The fraction of sp³-hybridized carbons (Fsp3) is 0.241. The molecule has 4 heteroatoms.